The molecule has 0 radical (unpaired) electrons. The van der Waals surface area contributed by atoms with Crippen LogP contribution in [0, 0.1) is 12.8 Å². The van der Waals surface area contributed by atoms with Gasteiger partial charge in [-0.1, -0.05) is 0 Å². The SMILES string of the molecule is Cc1ccsc1CNC(=O)[C@@H]1CCC(=O)N(C)[C@H]1c1cnn(C)c1. The number of nitrogens with one attached hydrogen (secondary N) is 1. The Bertz CT molecular complexity index is 751. The molecule has 2 aromatic rings. The van der Waals surface area contributed by atoms with E-state index < -0.39 is 0 Å². The Kier molecular flexibility index (Phi) is 4.71. The van der Waals surface area contributed by atoms with Crippen molar-refractivity contribution in [2.45, 2.75) is 32.4 Å². The number of hydrogen-bond donors (Lipinski definition) is 1. The van der Waals surface area contributed by atoms with Gasteiger partial charge in [0.2, 0.25) is 11.8 Å². The number of hydrogen-bond acceptors (Lipinski definition) is 4. The second-order valence-corrected chi connectivity index (χ2v) is 7.29. The van der Waals surface area contributed by atoms with E-state index in [0.717, 1.165) is 5.56 Å². The molecule has 0 aromatic carbocycles. The highest BCUT2D eigenvalue weighted by atomic mass is 32.1. The summed E-state index contributed by atoms with van der Waals surface area (Å²) in [6.45, 7) is 2.58. The Labute approximate surface area is 145 Å². The molecule has 2 atom stereocenters. The molecule has 24 heavy (non-hydrogen) atoms. The number of piperidine rings is 1. The number of carbonyl (C=O) groups excluding carboxylic acids is 2. The first-order chi connectivity index (χ1) is 11.5. The minimum atomic E-state index is -0.260. The molecule has 0 spiro atoms. The third-order valence-corrected chi connectivity index (χ3v) is 5.68. The Morgan fingerprint density at radius 3 is 2.88 bits per heavy atom. The normalized spacial score (nSPS) is 21.1. The number of aryl methyl sites for hydroxylation is 2. The van der Waals surface area contributed by atoms with Gasteiger partial charge in [0.25, 0.3) is 0 Å². The van der Waals surface area contributed by atoms with Gasteiger partial charge in [0.1, 0.15) is 0 Å². The Morgan fingerprint density at radius 2 is 2.25 bits per heavy atom. The van der Waals surface area contributed by atoms with Crippen molar-refractivity contribution in [2.24, 2.45) is 13.0 Å². The maximum atomic E-state index is 12.8. The third-order valence-electron chi connectivity index (χ3n) is 4.66. The van der Waals surface area contributed by atoms with Gasteiger partial charge in [0.05, 0.1) is 24.7 Å². The molecule has 1 saturated heterocycles. The monoisotopic (exact) mass is 346 g/mol. The first-order valence-electron chi connectivity index (χ1n) is 8.02. The molecular formula is C17H22N4O2S. The van der Waals surface area contributed by atoms with Gasteiger partial charge in [-0.25, -0.2) is 0 Å². The van der Waals surface area contributed by atoms with E-state index in [-0.39, 0.29) is 23.8 Å². The first-order valence-corrected chi connectivity index (χ1v) is 8.90. The van der Waals surface area contributed by atoms with Gasteiger partial charge in [-0.3, -0.25) is 14.3 Å². The standard InChI is InChI=1S/C17H22N4O2S/c1-11-6-7-24-14(11)9-18-17(23)13-4-5-15(22)21(3)16(13)12-8-19-20(2)10-12/h6-8,10,13,16H,4-5,9H2,1-3H3,(H,18,23)/t13-,16+/m1/s1. The zero-order valence-electron chi connectivity index (χ0n) is 14.2. The van der Waals surface area contributed by atoms with Crippen LogP contribution in [0.15, 0.2) is 23.8 Å². The fourth-order valence-electron chi connectivity index (χ4n) is 3.25. The average Bonchev–Trinajstić information content (AvgIpc) is 3.16. The first kappa shape index (κ1) is 16.7. The summed E-state index contributed by atoms with van der Waals surface area (Å²) in [6.07, 6.45) is 4.59. The fraction of sp³-hybridized carbons (Fsp3) is 0.471. The van der Waals surface area contributed by atoms with Crippen molar-refractivity contribution in [1.29, 1.82) is 0 Å². The lowest BCUT2D eigenvalue weighted by molar-refractivity contribution is -0.141. The molecule has 1 aliphatic heterocycles. The second-order valence-electron chi connectivity index (χ2n) is 6.29. The zero-order valence-corrected chi connectivity index (χ0v) is 15.0. The lowest BCUT2D eigenvalue weighted by Gasteiger charge is -2.37. The van der Waals surface area contributed by atoms with Crippen molar-refractivity contribution in [1.82, 2.24) is 20.0 Å². The maximum absolute atomic E-state index is 12.8. The van der Waals surface area contributed by atoms with Crippen molar-refractivity contribution < 1.29 is 9.59 Å². The highest BCUT2D eigenvalue weighted by Crippen LogP contribution is 2.35. The molecule has 1 aliphatic rings. The largest absolute Gasteiger partial charge is 0.351 e. The molecule has 3 rings (SSSR count). The van der Waals surface area contributed by atoms with Crippen molar-refractivity contribution >= 4 is 23.2 Å². The van der Waals surface area contributed by atoms with Gasteiger partial charge in [-0.15, -0.1) is 11.3 Å². The Balaban J connectivity index is 1.77. The Morgan fingerprint density at radius 1 is 1.46 bits per heavy atom. The summed E-state index contributed by atoms with van der Waals surface area (Å²) in [5.74, 6) is -0.185. The lowest BCUT2D eigenvalue weighted by atomic mass is 9.85. The van der Waals surface area contributed by atoms with Gasteiger partial charge in [-0.2, -0.15) is 5.10 Å². The number of thiophene rings is 1. The topological polar surface area (TPSA) is 67.2 Å². The highest BCUT2D eigenvalue weighted by Gasteiger charge is 2.39. The quantitative estimate of drug-likeness (QED) is 0.921. The van der Waals surface area contributed by atoms with Crippen molar-refractivity contribution in [3.8, 4) is 0 Å². The molecule has 7 heteroatoms. The van der Waals surface area contributed by atoms with E-state index in [1.807, 2.05) is 25.5 Å². The van der Waals surface area contributed by atoms with Gasteiger partial charge in [-0.05, 0) is 30.4 Å². The van der Waals surface area contributed by atoms with E-state index in [0.29, 0.717) is 19.4 Å². The molecule has 3 heterocycles. The molecule has 0 saturated carbocycles. The molecule has 0 unspecified atom stereocenters. The smallest absolute Gasteiger partial charge is 0.225 e. The molecule has 2 aromatic heterocycles. The van der Waals surface area contributed by atoms with Crippen LogP contribution in [0.3, 0.4) is 0 Å². The van der Waals surface area contributed by atoms with E-state index in [1.165, 1.54) is 10.4 Å². The van der Waals surface area contributed by atoms with Crippen LogP contribution in [0.4, 0.5) is 0 Å². The molecule has 0 aliphatic carbocycles. The summed E-state index contributed by atoms with van der Waals surface area (Å²) in [5, 5.41) is 9.27. The number of amides is 2. The minimum Gasteiger partial charge on any atom is -0.351 e. The van der Waals surface area contributed by atoms with Gasteiger partial charge < -0.3 is 10.2 Å². The highest BCUT2D eigenvalue weighted by molar-refractivity contribution is 7.10. The molecular weight excluding hydrogens is 324 g/mol. The number of rotatable bonds is 4. The summed E-state index contributed by atoms with van der Waals surface area (Å²) in [5.41, 5.74) is 2.10. The van der Waals surface area contributed by atoms with Gasteiger partial charge in [0.15, 0.2) is 0 Å². The molecule has 128 valence electrons. The summed E-state index contributed by atoms with van der Waals surface area (Å²) in [7, 11) is 3.60. The van der Waals surface area contributed by atoms with Crippen LogP contribution in [0.2, 0.25) is 0 Å². The van der Waals surface area contributed by atoms with E-state index in [1.54, 1.807) is 34.2 Å². The van der Waals surface area contributed by atoms with Crippen LogP contribution in [0.25, 0.3) is 0 Å². The summed E-state index contributed by atoms with van der Waals surface area (Å²) >= 11 is 1.65. The summed E-state index contributed by atoms with van der Waals surface area (Å²) in [6, 6.07) is 1.79. The predicted octanol–water partition coefficient (Wildman–Crippen LogP) is 2.02. The van der Waals surface area contributed by atoms with E-state index in [4.69, 9.17) is 0 Å². The third kappa shape index (κ3) is 3.21. The number of aromatic nitrogens is 2. The molecule has 1 fully saturated rings. The molecule has 2 amide bonds. The van der Waals surface area contributed by atoms with E-state index in [2.05, 4.69) is 16.5 Å². The Hall–Kier alpha value is -2.15. The van der Waals surface area contributed by atoms with Crippen LogP contribution in [-0.2, 0) is 23.2 Å². The minimum absolute atomic E-state index is 0.00370. The van der Waals surface area contributed by atoms with Crippen LogP contribution < -0.4 is 5.32 Å². The zero-order chi connectivity index (χ0) is 17.3. The number of carbonyl (C=O) groups is 2. The molecule has 0 bridgehead atoms. The summed E-state index contributed by atoms with van der Waals surface area (Å²) in [4.78, 5) is 27.7. The van der Waals surface area contributed by atoms with Gasteiger partial charge in [0, 0.05) is 37.2 Å². The molecule has 6 nitrogen and oxygen atoms in total. The second kappa shape index (κ2) is 6.76. The van der Waals surface area contributed by atoms with E-state index >= 15 is 0 Å². The van der Waals surface area contributed by atoms with E-state index in [9.17, 15) is 9.59 Å². The number of likely N-dealkylation sites (tertiary alicyclic amines) is 1. The predicted molar refractivity (Wildman–Crippen MR) is 92.3 cm³/mol. The van der Waals surface area contributed by atoms with Crippen molar-refractivity contribution in [3.05, 3.63) is 39.8 Å². The number of nitrogens with zero attached hydrogens (tertiary/aromatic N) is 3. The maximum Gasteiger partial charge on any atom is 0.225 e. The van der Waals surface area contributed by atoms with Crippen LogP contribution in [-0.4, -0.2) is 33.5 Å². The van der Waals surface area contributed by atoms with Crippen molar-refractivity contribution in [2.75, 3.05) is 7.05 Å². The fourth-order valence-corrected chi connectivity index (χ4v) is 4.09. The molecule has 1 N–H and O–H groups in total. The van der Waals surface area contributed by atoms with Crippen LogP contribution in [0.5, 0.6) is 0 Å². The summed E-state index contributed by atoms with van der Waals surface area (Å²) < 4.78 is 1.70. The van der Waals surface area contributed by atoms with Crippen molar-refractivity contribution in [3.63, 3.8) is 0 Å². The van der Waals surface area contributed by atoms with Gasteiger partial charge >= 0.3 is 0 Å². The van der Waals surface area contributed by atoms with Crippen LogP contribution >= 0.6 is 11.3 Å². The average molecular weight is 346 g/mol. The lowest BCUT2D eigenvalue weighted by Crippen LogP contribution is -2.46. The van der Waals surface area contributed by atoms with Crippen LogP contribution in [0.1, 0.15) is 34.9 Å².